The first-order valence-electron chi connectivity index (χ1n) is 13.0. The Morgan fingerprint density at radius 3 is 2.61 bits per heavy atom. The van der Waals surface area contributed by atoms with E-state index in [1.54, 1.807) is 0 Å². The molecule has 4 rings (SSSR count). The highest BCUT2D eigenvalue weighted by Crippen LogP contribution is 2.39. The highest BCUT2D eigenvalue weighted by atomic mass is 32.1. The standard InChI is InChI=1S/C26H35F2N5O2S/c1-4-7-17-11-10-15(3)33(17)26(35)21-22(36-25(32-21)24(34)31-16-8-6-9-16)19-14-30-20(29-12-5-2)13-18(19)23(27)28/h13-17,23H,4-12H2,1-3H3,(H,29,30)(H,31,34). The molecule has 7 nitrogen and oxygen atoms in total. The Bertz CT molecular complexity index is 1090. The van der Waals surface area contributed by atoms with E-state index in [2.05, 4.69) is 27.5 Å². The number of anilines is 1. The van der Waals surface area contributed by atoms with Crippen LogP contribution < -0.4 is 10.6 Å². The number of alkyl halides is 2. The minimum Gasteiger partial charge on any atom is -0.370 e. The van der Waals surface area contributed by atoms with Crippen LogP contribution in [0.15, 0.2) is 12.3 Å². The van der Waals surface area contributed by atoms with Crippen LogP contribution in [0.3, 0.4) is 0 Å². The highest BCUT2D eigenvalue weighted by molar-refractivity contribution is 7.17. The molecule has 1 saturated carbocycles. The van der Waals surface area contributed by atoms with Gasteiger partial charge in [0.2, 0.25) is 0 Å². The van der Waals surface area contributed by atoms with Gasteiger partial charge >= 0.3 is 0 Å². The van der Waals surface area contributed by atoms with Crippen LogP contribution >= 0.6 is 11.3 Å². The molecule has 36 heavy (non-hydrogen) atoms. The minimum absolute atomic E-state index is 0.0177. The molecule has 2 atom stereocenters. The number of nitrogens with zero attached hydrogens (tertiary/aromatic N) is 3. The van der Waals surface area contributed by atoms with E-state index in [4.69, 9.17) is 0 Å². The molecule has 2 aromatic rings. The smallest absolute Gasteiger partial charge is 0.280 e. The first-order chi connectivity index (χ1) is 17.3. The lowest BCUT2D eigenvalue weighted by Crippen LogP contribution is -2.41. The van der Waals surface area contributed by atoms with Gasteiger partial charge in [0.05, 0.1) is 4.88 Å². The molecular formula is C26H35F2N5O2S. The first-order valence-corrected chi connectivity index (χ1v) is 13.8. The monoisotopic (exact) mass is 519 g/mol. The quantitative estimate of drug-likeness (QED) is 0.400. The summed E-state index contributed by atoms with van der Waals surface area (Å²) < 4.78 is 28.4. The molecule has 2 N–H and O–H groups in total. The maximum atomic E-state index is 14.2. The lowest BCUT2D eigenvalue weighted by atomic mass is 9.93. The molecule has 3 heterocycles. The van der Waals surface area contributed by atoms with Gasteiger partial charge in [-0.05, 0) is 57.9 Å². The normalized spacial score (nSPS) is 20.0. The van der Waals surface area contributed by atoms with E-state index in [9.17, 15) is 18.4 Å². The fraction of sp³-hybridized carbons (Fsp3) is 0.615. The average Bonchev–Trinajstić information content (AvgIpc) is 3.43. The number of hydrogen-bond donors (Lipinski definition) is 2. The molecule has 0 spiro atoms. The van der Waals surface area contributed by atoms with E-state index in [-0.39, 0.29) is 56.6 Å². The second-order valence-electron chi connectivity index (χ2n) is 9.76. The second kappa shape index (κ2) is 11.6. The van der Waals surface area contributed by atoms with E-state index in [1.165, 1.54) is 12.3 Å². The molecule has 10 heteroatoms. The number of carbonyl (C=O) groups is 2. The predicted molar refractivity (Wildman–Crippen MR) is 138 cm³/mol. The molecule has 1 saturated heterocycles. The second-order valence-corrected chi connectivity index (χ2v) is 10.8. The number of rotatable bonds is 10. The summed E-state index contributed by atoms with van der Waals surface area (Å²) in [5, 5.41) is 6.11. The fourth-order valence-electron chi connectivity index (χ4n) is 4.91. The Morgan fingerprint density at radius 2 is 1.97 bits per heavy atom. The van der Waals surface area contributed by atoms with E-state index in [1.807, 2.05) is 18.7 Å². The van der Waals surface area contributed by atoms with Crippen LogP contribution in [0.5, 0.6) is 0 Å². The van der Waals surface area contributed by atoms with Crippen molar-refractivity contribution in [3.8, 4) is 10.4 Å². The maximum Gasteiger partial charge on any atom is 0.280 e. The van der Waals surface area contributed by atoms with Gasteiger partial charge in [-0.3, -0.25) is 9.59 Å². The summed E-state index contributed by atoms with van der Waals surface area (Å²) in [5.74, 6) is -0.314. The third-order valence-electron chi connectivity index (χ3n) is 7.08. The Kier molecular flexibility index (Phi) is 8.54. The first kappa shape index (κ1) is 26.4. The van der Waals surface area contributed by atoms with Crippen molar-refractivity contribution >= 4 is 29.0 Å². The third kappa shape index (κ3) is 5.53. The number of thiazole rings is 1. The summed E-state index contributed by atoms with van der Waals surface area (Å²) in [5.41, 5.74) is -0.0205. The van der Waals surface area contributed by atoms with E-state index in [0.717, 1.165) is 62.7 Å². The van der Waals surface area contributed by atoms with Crippen LogP contribution in [0.2, 0.25) is 0 Å². The number of pyridine rings is 1. The fourth-order valence-corrected chi connectivity index (χ4v) is 5.90. The summed E-state index contributed by atoms with van der Waals surface area (Å²) in [7, 11) is 0. The molecule has 2 unspecified atom stereocenters. The molecule has 2 aliphatic rings. The molecule has 2 fully saturated rings. The number of halogens is 2. The third-order valence-corrected chi connectivity index (χ3v) is 8.17. The van der Waals surface area contributed by atoms with Crippen molar-refractivity contribution in [2.24, 2.45) is 0 Å². The Hall–Kier alpha value is -2.62. The van der Waals surface area contributed by atoms with Crippen molar-refractivity contribution in [1.82, 2.24) is 20.2 Å². The van der Waals surface area contributed by atoms with Crippen LogP contribution in [0.1, 0.15) is 104 Å². The minimum atomic E-state index is -2.78. The summed E-state index contributed by atoms with van der Waals surface area (Å²) in [6.07, 6.45) is 5.88. The van der Waals surface area contributed by atoms with Crippen molar-refractivity contribution in [3.05, 3.63) is 28.5 Å². The molecule has 0 aromatic carbocycles. The van der Waals surface area contributed by atoms with Gasteiger partial charge in [-0.25, -0.2) is 18.7 Å². The number of likely N-dealkylation sites (tertiary alicyclic amines) is 1. The van der Waals surface area contributed by atoms with Crippen LogP contribution in [0.4, 0.5) is 14.6 Å². The van der Waals surface area contributed by atoms with Crippen molar-refractivity contribution in [3.63, 3.8) is 0 Å². The van der Waals surface area contributed by atoms with Gasteiger partial charge < -0.3 is 15.5 Å². The van der Waals surface area contributed by atoms with Crippen LogP contribution in [-0.2, 0) is 0 Å². The van der Waals surface area contributed by atoms with Gasteiger partial charge in [0.25, 0.3) is 18.2 Å². The summed E-state index contributed by atoms with van der Waals surface area (Å²) >= 11 is 0.991. The Balaban J connectivity index is 1.77. The van der Waals surface area contributed by atoms with Gasteiger partial charge in [0.15, 0.2) is 5.01 Å². The number of aromatic nitrogens is 2. The zero-order valence-corrected chi connectivity index (χ0v) is 22.0. The topological polar surface area (TPSA) is 87.2 Å². The molecule has 1 aliphatic carbocycles. The van der Waals surface area contributed by atoms with Gasteiger partial charge in [-0.15, -0.1) is 11.3 Å². The molecule has 196 valence electrons. The van der Waals surface area contributed by atoms with Gasteiger partial charge in [0.1, 0.15) is 11.5 Å². The molecular weight excluding hydrogens is 484 g/mol. The van der Waals surface area contributed by atoms with E-state index >= 15 is 0 Å². The summed E-state index contributed by atoms with van der Waals surface area (Å²) in [6.45, 7) is 6.67. The lowest BCUT2D eigenvalue weighted by molar-refractivity contribution is 0.0667. The number of hydrogen-bond acceptors (Lipinski definition) is 6. The zero-order valence-electron chi connectivity index (χ0n) is 21.2. The largest absolute Gasteiger partial charge is 0.370 e. The van der Waals surface area contributed by atoms with Crippen molar-refractivity contribution in [1.29, 1.82) is 0 Å². The lowest BCUT2D eigenvalue weighted by Gasteiger charge is -2.28. The molecule has 0 bridgehead atoms. The van der Waals surface area contributed by atoms with Crippen molar-refractivity contribution in [2.75, 3.05) is 11.9 Å². The van der Waals surface area contributed by atoms with Crippen LogP contribution in [-0.4, -0.2) is 51.4 Å². The van der Waals surface area contributed by atoms with E-state index < -0.39 is 6.43 Å². The van der Waals surface area contributed by atoms with Crippen LogP contribution in [0, 0.1) is 0 Å². The predicted octanol–water partition coefficient (Wildman–Crippen LogP) is 6.04. The zero-order chi connectivity index (χ0) is 25.8. The maximum absolute atomic E-state index is 14.2. The van der Waals surface area contributed by atoms with Gasteiger partial charge in [0, 0.05) is 42.0 Å². The summed E-state index contributed by atoms with van der Waals surface area (Å²) in [6, 6.07) is 1.52. The van der Waals surface area contributed by atoms with Crippen molar-refractivity contribution in [2.45, 2.75) is 96.7 Å². The van der Waals surface area contributed by atoms with Gasteiger partial charge in [-0.1, -0.05) is 20.3 Å². The highest BCUT2D eigenvalue weighted by Gasteiger charge is 2.38. The number of carbonyl (C=O) groups excluding carboxylic acids is 2. The summed E-state index contributed by atoms with van der Waals surface area (Å²) in [4.78, 5) is 37.7. The number of amides is 2. The SMILES string of the molecule is CCCNc1cc(C(F)F)c(-c2sc(C(=O)NC3CCC3)nc2C(=O)N2C(C)CCC2CCC)cn1. The molecule has 0 radical (unpaired) electrons. The van der Waals surface area contributed by atoms with Gasteiger partial charge in [-0.2, -0.15) is 0 Å². The molecule has 1 aliphatic heterocycles. The Morgan fingerprint density at radius 1 is 1.19 bits per heavy atom. The van der Waals surface area contributed by atoms with Crippen molar-refractivity contribution < 1.29 is 18.4 Å². The Labute approximate surface area is 215 Å². The molecule has 2 amide bonds. The average molecular weight is 520 g/mol. The number of nitrogens with one attached hydrogen (secondary N) is 2. The van der Waals surface area contributed by atoms with E-state index in [0.29, 0.717) is 12.4 Å². The molecule has 2 aromatic heterocycles. The van der Waals surface area contributed by atoms with Crippen LogP contribution in [0.25, 0.3) is 10.4 Å².